The number of hydrogen-bond acceptors (Lipinski definition) is 5. The molecular formula is C11H15N3O4. The normalized spacial score (nSPS) is 11.8. The van der Waals surface area contributed by atoms with Crippen LogP contribution in [-0.4, -0.2) is 27.5 Å². The predicted octanol–water partition coefficient (Wildman–Crippen LogP) is 1.90. The lowest BCUT2D eigenvalue weighted by Crippen LogP contribution is -2.22. The molecule has 1 heterocycles. The maximum absolute atomic E-state index is 10.9. The molecule has 0 aliphatic heterocycles. The van der Waals surface area contributed by atoms with Gasteiger partial charge in [-0.15, -0.1) is 0 Å². The van der Waals surface area contributed by atoms with Gasteiger partial charge in [-0.05, 0) is 22.4 Å². The lowest BCUT2D eigenvalue weighted by atomic mass is 10.0. The zero-order chi connectivity index (χ0) is 13.5. The first-order chi connectivity index (χ1) is 8.54. The van der Waals surface area contributed by atoms with E-state index in [4.69, 9.17) is 5.11 Å². The Labute approximate surface area is 104 Å². The number of aliphatic carboxylic acids is 1. The van der Waals surface area contributed by atoms with Gasteiger partial charge in [0, 0.05) is 12.6 Å². The largest absolute Gasteiger partial charge is 0.481 e. The molecule has 0 spiro atoms. The molecule has 1 aromatic rings. The van der Waals surface area contributed by atoms with E-state index in [0.717, 1.165) is 6.42 Å². The van der Waals surface area contributed by atoms with Crippen LogP contribution >= 0.6 is 0 Å². The first kappa shape index (κ1) is 13.9. The number of nitrogens with one attached hydrogen (secondary N) is 1. The topological polar surface area (TPSA) is 105 Å². The summed E-state index contributed by atoms with van der Waals surface area (Å²) in [6.45, 7) is 2.20. The van der Waals surface area contributed by atoms with E-state index in [0.29, 0.717) is 12.1 Å². The van der Waals surface area contributed by atoms with E-state index in [1.807, 2.05) is 6.92 Å². The third-order valence-electron chi connectivity index (χ3n) is 2.47. The van der Waals surface area contributed by atoms with Gasteiger partial charge in [-0.2, -0.15) is 0 Å². The Kier molecular flexibility index (Phi) is 5.04. The number of nitrogens with zero attached hydrogens (tertiary/aromatic N) is 2. The number of hydrogen-bond donors (Lipinski definition) is 2. The molecule has 0 saturated carbocycles. The van der Waals surface area contributed by atoms with Crippen molar-refractivity contribution in [2.75, 3.05) is 11.9 Å². The summed E-state index contributed by atoms with van der Waals surface area (Å²) < 4.78 is 0. The van der Waals surface area contributed by atoms with Crippen molar-refractivity contribution in [1.82, 2.24) is 4.98 Å². The van der Waals surface area contributed by atoms with Crippen molar-refractivity contribution < 1.29 is 14.8 Å². The highest BCUT2D eigenvalue weighted by Crippen LogP contribution is 2.13. The van der Waals surface area contributed by atoms with E-state index in [2.05, 4.69) is 10.3 Å². The summed E-state index contributed by atoms with van der Waals surface area (Å²) in [6.07, 6.45) is 2.70. The van der Waals surface area contributed by atoms with E-state index in [1.54, 1.807) is 0 Å². The minimum atomic E-state index is -0.848. The maximum atomic E-state index is 10.9. The van der Waals surface area contributed by atoms with Crippen LogP contribution < -0.4 is 5.32 Å². The molecule has 0 radical (unpaired) electrons. The summed E-state index contributed by atoms with van der Waals surface area (Å²) in [5, 5.41) is 22.3. The Morgan fingerprint density at radius 1 is 1.61 bits per heavy atom. The van der Waals surface area contributed by atoms with E-state index < -0.39 is 16.8 Å². The molecule has 7 heteroatoms. The molecule has 0 aliphatic carbocycles. The number of carboxylic acids is 1. The van der Waals surface area contributed by atoms with Gasteiger partial charge in [0.25, 0.3) is 0 Å². The van der Waals surface area contributed by atoms with Crippen LogP contribution in [0.3, 0.4) is 0 Å². The molecule has 0 amide bonds. The Balaban J connectivity index is 2.56. The van der Waals surface area contributed by atoms with Gasteiger partial charge < -0.3 is 20.5 Å². The van der Waals surface area contributed by atoms with Crippen LogP contribution in [0.2, 0.25) is 0 Å². The Hall–Kier alpha value is -2.18. The highest BCUT2D eigenvalue weighted by atomic mass is 16.6. The van der Waals surface area contributed by atoms with Crippen LogP contribution in [-0.2, 0) is 4.79 Å². The quantitative estimate of drug-likeness (QED) is 0.568. The van der Waals surface area contributed by atoms with E-state index in [-0.39, 0.29) is 12.4 Å². The van der Waals surface area contributed by atoms with Crippen molar-refractivity contribution in [3.63, 3.8) is 0 Å². The van der Waals surface area contributed by atoms with Gasteiger partial charge >= 0.3 is 11.8 Å². The summed E-state index contributed by atoms with van der Waals surface area (Å²) in [4.78, 5) is 24.4. The molecule has 0 aromatic carbocycles. The highest BCUT2D eigenvalue weighted by Gasteiger charge is 2.16. The number of carbonyl (C=O) groups is 1. The van der Waals surface area contributed by atoms with Gasteiger partial charge in [-0.3, -0.25) is 4.79 Å². The predicted molar refractivity (Wildman–Crippen MR) is 65.4 cm³/mol. The molecule has 0 saturated heterocycles. The molecule has 1 rings (SSSR count). The molecular weight excluding hydrogens is 238 g/mol. The number of pyridine rings is 1. The third kappa shape index (κ3) is 4.00. The van der Waals surface area contributed by atoms with E-state index in [1.165, 1.54) is 18.3 Å². The molecule has 18 heavy (non-hydrogen) atoms. The third-order valence-corrected chi connectivity index (χ3v) is 2.47. The van der Waals surface area contributed by atoms with Gasteiger partial charge in [-0.1, -0.05) is 13.3 Å². The van der Waals surface area contributed by atoms with Crippen molar-refractivity contribution >= 4 is 17.5 Å². The molecule has 1 atom stereocenters. The lowest BCUT2D eigenvalue weighted by molar-refractivity contribution is -0.389. The van der Waals surface area contributed by atoms with E-state index >= 15 is 0 Å². The summed E-state index contributed by atoms with van der Waals surface area (Å²) in [7, 11) is 0. The minimum absolute atomic E-state index is 0.233. The number of aromatic nitrogens is 1. The van der Waals surface area contributed by atoms with Crippen LogP contribution in [0.1, 0.15) is 19.8 Å². The fourth-order valence-corrected chi connectivity index (χ4v) is 1.50. The molecule has 2 N–H and O–H groups in total. The Morgan fingerprint density at radius 2 is 2.33 bits per heavy atom. The van der Waals surface area contributed by atoms with Crippen LogP contribution in [0.25, 0.3) is 0 Å². The van der Waals surface area contributed by atoms with Gasteiger partial charge in [0.15, 0.2) is 6.20 Å². The second kappa shape index (κ2) is 6.53. The smallest absolute Gasteiger partial charge is 0.363 e. The van der Waals surface area contributed by atoms with Crippen molar-refractivity contribution in [2.45, 2.75) is 19.8 Å². The fourth-order valence-electron chi connectivity index (χ4n) is 1.50. The summed E-state index contributed by atoms with van der Waals surface area (Å²) in [5.41, 5.74) is 0.572. The summed E-state index contributed by atoms with van der Waals surface area (Å²) >= 11 is 0. The lowest BCUT2D eigenvalue weighted by Gasteiger charge is -2.12. The van der Waals surface area contributed by atoms with Crippen molar-refractivity contribution in [3.8, 4) is 0 Å². The SMILES string of the molecule is CCCC(CNc1ccc([N+](=O)[O-])nc1)C(=O)O. The van der Waals surface area contributed by atoms with Crippen LogP contribution in [0.5, 0.6) is 0 Å². The number of carboxylic acid groups (broad SMARTS) is 1. The van der Waals surface area contributed by atoms with Crippen LogP contribution in [0, 0.1) is 16.0 Å². The van der Waals surface area contributed by atoms with Gasteiger partial charge in [-0.25, -0.2) is 0 Å². The van der Waals surface area contributed by atoms with Gasteiger partial charge in [0.1, 0.15) is 0 Å². The van der Waals surface area contributed by atoms with Crippen LogP contribution in [0.15, 0.2) is 18.3 Å². The number of nitro groups is 1. The van der Waals surface area contributed by atoms with Gasteiger partial charge in [0.2, 0.25) is 0 Å². The first-order valence-corrected chi connectivity index (χ1v) is 5.61. The Bertz CT molecular complexity index is 419. The maximum Gasteiger partial charge on any atom is 0.363 e. The monoisotopic (exact) mass is 253 g/mol. The first-order valence-electron chi connectivity index (χ1n) is 5.61. The molecule has 0 bridgehead atoms. The number of rotatable bonds is 7. The zero-order valence-corrected chi connectivity index (χ0v) is 10.00. The zero-order valence-electron chi connectivity index (χ0n) is 10.00. The molecule has 1 unspecified atom stereocenters. The summed E-state index contributed by atoms with van der Waals surface area (Å²) in [6, 6.07) is 2.79. The molecule has 1 aromatic heterocycles. The molecule has 0 fully saturated rings. The average Bonchev–Trinajstić information content (AvgIpc) is 2.34. The van der Waals surface area contributed by atoms with Crippen molar-refractivity contribution in [3.05, 3.63) is 28.4 Å². The highest BCUT2D eigenvalue weighted by molar-refractivity contribution is 5.70. The Morgan fingerprint density at radius 3 is 2.78 bits per heavy atom. The van der Waals surface area contributed by atoms with Gasteiger partial charge in [0.05, 0.1) is 11.6 Å². The fraction of sp³-hybridized carbons (Fsp3) is 0.455. The van der Waals surface area contributed by atoms with Crippen LogP contribution in [0.4, 0.5) is 11.5 Å². The number of anilines is 1. The summed E-state index contributed by atoms with van der Waals surface area (Å²) in [5.74, 6) is -1.55. The molecule has 0 aliphatic rings. The van der Waals surface area contributed by atoms with E-state index in [9.17, 15) is 14.9 Å². The second-order valence-corrected chi connectivity index (χ2v) is 3.87. The molecule has 98 valence electrons. The second-order valence-electron chi connectivity index (χ2n) is 3.87. The average molecular weight is 253 g/mol. The molecule has 7 nitrogen and oxygen atoms in total. The minimum Gasteiger partial charge on any atom is -0.481 e. The van der Waals surface area contributed by atoms with Crippen molar-refractivity contribution in [2.24, 2.45) is 5.92 Å². The van der Waals surface area contributed by atoms with Crippen molar-refractivity contribution in [1.29, 1.82) is 0 Å². The standard InChI is InChI=1S/C11H15N3O4/c1-2-3-8(11(15)16)6-12-9-4-5-10(13-7-9)14(17)18/h4-5,7-8,12H,2-3,6H2,1H3,(H,15,16).